The average molecular weight is 253 g/mol. The summed E-state index contributed by atoms with van der Waals surface area (Å²) in [5, 5.41) is 0. The maximum Gasteiger partial charge on any atom is 0.355 e. The lowest BCUT2D eigenvalue weighted by Gasteiger charge is -2.13. The monoisotopic (exact) mass is 253 g/mol. The summed E-state index contributed by atoms with van der Waals surface area (Å²) >= 11 is 0. The highest BCUT2D eigenvalue weighted by Crippen LogP contribution is 2.17. The van der Waals surface area contributed by atoms with E-state index in [4.69, 9.17) is 16.2 Å². The van der Waals surface area contributed by atoms with E-state index in [2.05, 4.69) is 0 Å². The second-order valence-corrected chi connectivity index (χ2v) is 4.56. The van der Waals surface area contributed by atoms with Gasteiger partial charge in [0.2, 0.25) is 5.91 Å². The van der Waals surface area contributed by atoms with Gasteiger partial charge in [-0.3, -0.25) is 4.79 Å². The van der Waals surface area contributed by atoms with Gasteiger partial charge < -0.3 is 20.8 Å². The Kier molecular flexibility index (Phi) is 4.36. The summed E-state index contributed by atoms with van der Waals surface area (Å²) in [6.07, 6.45) is 1.68. The molecule has 0 saturated carbocycles. The lowest BCUT2D eigenvalue weighted by Crippen LogP contribution is -2.26. The van der Waals surface area contributed by atoms with E-state index in [1.807, 2.05) is 13.8 Å². The molecule has 1 atom stereocenters. The van der Waals surface area contributed by atoms with Crippen LogP contribution in [0.3, 0.4) is 0 Å². The van der Waals surface area contributed by atoms with Crippen molar-refractivity contribution in [3.8, 4) is 0 Å². The predicted octanol–water partition coefficient (Wildman–Crippen LogP) is 0.929. The Balaban J connectivity index is 2.75. The number of carbonyl (C=O) groups is 2. The molecule has 4 N–H and O–H groups in total. The molecule has 0 fully saturated rings. The van der Waals surface area contributed by atoms with Gasteiger partial charge in [0.15, 0.2) is 0 Å². The molecule has 1 unspecified atom stereocenters. The van der Waals surface area contributed by atoms with Crippen LogP contribution in [0.15, 0.2) is 12.3 Å². The number of anilines is 1. The number of rotatable bonds is 5. The van der Waals surface area contributed by atoms with Crippen molar-refractivity contribution in [2.24, 2.45) is 11.7 Å². The van der Waals surface area contributed by atoms with Gasteiger partial charge in [0, 0.05) is 12.2 Å². The number of hydrogen-bond donors (Lipinski definition) is 2. The van der Waals surface area contributed by atoms with Gasteiger partial charge in [0.25, 0.3) is 0 Å². The molecule has 6 nitrogen and oxygen atoms in total. The molecule has 1 heterocycles. The molecule has 0 aliphatic carbocycles. The molecule has 0 spiro atoms. The highest BCUT2D eigenvalue weighted by atomic mass is 16.5. The van der Waals surface area contributed by atoms with Crippen LogP contribution in [-0.2, 0) is 9.53 Å². The number of nitrogens with two attached hydrogens (primary N) is 2. The minimum Gasteiger partial charge on any atom is -0.460 e. The zero-order valence-electron chi connectivity index (χ0n) is 10.8. The van der Waals surface area contributed by atoms with Crippen LogP contribution in [0, 0.1) is 5.92 Å². The van der Waals surface area contributed by atoms with Crippen molar-refractivity contribution in [3.05, 3.63) is 18.0 Å². The molecule has 1 aromatic rings. The van der Waals surface area contributed by atoms with Gasteiger partial charge in [-0.15, -0.1) is 0 Å². The number of carbonyl (C=O) groups excluding carboxylic acids is 2. The molecule has 6 heteroatoms. The number of amides is 1. The molecular weight excluding hydrogens is 234 g/mol. The summed E-state index contributed by atoms with van der Waals surface area (Å²) in [6.45, 7) is 5.44. The minimum atomic E-state index is -0.506. The van der Waals surface area contributed by atoms with Gasteiger partial charge in [-0.25, -0.2) is 4.79 Å². The van der Waals surface area contributed by atoms with Gasteiger partial charge in [-0.2, -0.15) is 0 Å². The Hall–Kier alpha value is -1.98. The van der Waals surface area contributed by atoms with Gasteiger partial charge in [-0.1, -0.05) is 6.92 Å². The summed E-state index contributed by atoms with van der Waals surface area (Å²) in [5.41, 5.74) is 11.6. The van der Waals surface area contributed by atoms with Crippen LogP contribution in [0.25, 0.3) is 0 Å². The Morgan fingerprint density at radius 2 is 2.00 bits per heavy atom. The highest BCUT2D eigenvalue weighted by molar-refractivity contribution is 5.89. The van der Waals surface area contributed by atoms with Crippen LogP contribution in [0.4, 0.5) is 5.69 Å². The van der Waals surface area contributed by atoms with Crippen molar-refractivity contribution >= 4 is 17.6 Å². The topological polar surface area (TPSA) is 100 Å². The number of esters is 1. The fourth-order valence-electron chi connectivity index (χ4n) is 1.45. The molecule has 0 saturated heterocycles. The first-order valence-electron chi connectivity index (χ1n) is 5.76. The number of nitrogens with zero attached hydrogens (tertiary/aromatic N) is 1. The van der Waals surface area contributed by atoms with Crippen LogP contribution in [0.2, 0.25) is 0 Å². The van der Waals surface area contributed by atoms with E-state index in [0.717, 1.165) is 0 Å². The van der Waals surface area contributed by atoms with E-state index in [-0.39, 0.29) is 12.6 Å². The fraction of sp³-hybridized carbons (Fsp3) is 0.500. The standard InChI is InChI=1S/C12H19N3O3/c1-7(2)15-5-9(13)4-10(15)12(17)18-6-8(3)11(14)16/h4-5,7-8H,6,13H2,1-3H3,(H2,14,16). The highest BCUT2D eigenvalue weighted by Gasteiger charge is 2.18. The summed E-state index contributed by atoms with van der Waals surface area (Å²) < 4.78 is 6.77. The Morgan fingerprint density at radius 3 is 2.50 bits per heavy atom. The maximum absolute atomic E-state index is 11.9. The molecule has 0 aliphatic heterocycles. The molecule has 100 valence electrons. The minimum absolute atomic E-state index is 0.0304. The van der Waals surface area contributed by atoms with Crippen LogP contribution in [-0.4, -0.2) is 23.1 Å². The van der Waals surface area contributed by atoms with Crippen LogP contribution < -0.4 is 11.5 Å². The second-order valence-electron chi connectivity index (χ2n) is 4.56. The van der Waals surface area contributed by atoms with Crippen molar-refractivity contribution in [2.45, 2.75) is 26.8 Å². The first-order valence-corrected chi connectivity index (χ1v) is 5.76. The quantitative estimate of drug-likeness (QED) is 0.762. The molecule has 0 aromatic carbocycles. The first kappa shape index (κ1) is 14.1. The van der Waals surface area contributed by atoms with Crippen molar-refractivity contribution in [1.29, 1.82) is 0 Å². The van der Waals surface area contributed by atoms with E-state index in [1.54, 1.807) is 23.8 Å². The SMILES string of the molecule is CC(COC(=O)c1cc(N)cn1C(C)C)C(N)=O. The van der Waals surface area contributed by atoms with Crippen molar-refractivity contribution in [3.63, 3.8) is 0 Å². The molecule has 0 bridgehead atoms. The van der Waals surface area contributed by atoms with E-state index in [9.17, 15) is 9.59 Å². The zero-order chi connectivity index (χ0) is 13.9. The van der Waals surface area contributed by atoms with Crippen molar-refractivity contribution in [2.75, 3.05) is 12.3 Å². The number of ether oxygens (including phenoxy) is 1. The third-order valence-corrected chi connectivity index (χ3v) is 2.59. The molecule has 0 radical (unpaired) electrons. The van der Waals surface area contributed by atoms with Gasteiger partial charge in [0.05, 0.1) is 11.6 Å². The first-order chi connectivity index (χ1) is 8.32. The zero-order valence-corrected chi connectivity index (χ0v) is 10.8. The molecule has 1 rings (SSSR count). The fourth-order valence-corrected chi connectivity index (χ4v) is 1.45. The molecule has 0 aliphatic rings. The molecular formula is C12H19N3O3. The van der Waals surface area contributed by atoms with E-state index >= 15 is 0 Å². The molecule has 1 aromatic heterocycles. The maximum atomic E-state index is 11.9. The summed E-state index contributed by atoms with van der Waals surface area (Å²) in [4.78, 5) is 22.7. The van der Waals surface area contributed by atoms with E-state index in [0.29, 0.717) is 11.4 Å². The Morgan fingerprint density at radius 1 is 1.39 bits per heavy atom. The number of nitrogen functional groups attached to an aromatic ring is 1. The summed E-state index contributed by atoms with van der Waals surface area (Å²) in [7, 11) is 0. The molecule has 1 amide bonds. The van der Waals surface area contributed by atoms with Crippen LogP contribution in [0.5, 0.6) is 0 Å². The largest absolute Gasteiger partial charge is 0.460 e. The number of hydrogen-bond acceptors (Lipinski definition) is 4. The van der Waals surface area contributed by atoms with Gasteiger partial charge in [-0.05, 0) is 19.9 Å². The number of aromatic nitrogens is 1. The van der Waals surface area contributed by atoms with Gasteiger partial charge >= 0.3 is 5.97 Å². The third-order valence-electron chi connectivity index (χ3n) is 2.59. The normalized spacial score (nSPS) is 12.4. The lowest BCUT2D eigenvalue weighted by molar-refractivity contribution is -0.122. The van der Waals surface area contributed by atoms with Crippen molar-refractivity contribution < 1.29 is 14.3 Å². The summed E-state index contributed by atoms with van der Waals surface area (Å²) in [6, 6.07) is 1.65. The second kappa shape index (κ2) is 5.57. The van der Waals surface area contributed by atoms with Crippen LogP contribution >= 0.6 is 0 Å². The summed E-state index contributed by atoms with van der Waals surface area (Å²) in [5.74, 6) is -1.51. The molecule has 18 heavy (non-hydrogen) atoms. The lowest BCUT2D eigenvalue weighted by atomic mass is 10.2. The Bertz CT molecular complexity index is 451. The van der Waals surface area contributed by atoms with E-state index in [1.165, 1.54) is 0 Å². The Labute approximate surface area is 106 Å². The van der Waals surface area contributed by atoms with E-state index < -0.39 is 17.8 Å². The van der Waals surface area contributed by atoms with Crippen molar-refractivity contribution in [1.82, 2.24) is 4.57 Å². The number of primary amides is 1. The third kappa shape index (κ3) is 3.26. The van der Waals surface area contributed by atoms with Gasteiger partial charge in [0.1, 0.15) is 12.3 Å². The smallest absolute Gasteiger partial charge is 0.355 e. The predicted molar refractivity (Wildman–Crippen MR) is 67.9 cm³/mol. The average Bonchev–Trinajstić information content (AvgIpc) is 2.67. The van der Waals surface area contributed by atoms with Crippen LogP contribution in [0.1, 0.15) is 37.3 Å².